The van der Waals surface area contributed by atoms with E-state index in [9.17, 15) is 0 Å². The topological polar surface area (TPSA) is 29.9 Å². The summed E-state index contributed by atoms with van der Waals surface area (Å²) in [5.74, 6) is 1.16. The summed E-state index contributed by atoms with van der Waals surface area (Å²) in [5, 5.41) is 3.55. The Morgan fingerprint density at radius 3 is 2.82 bits per heavy atom. The summed E-state index contributed by atoms with van der Waals surface area (Å²) in [5.41, 5.74) is 2.35. The molecule has 3 nitrogen and oxygen atoms in total. The highest BCUT2D eigenvalue weighted by atomic mass is 15.1. The number of hydrogen-bond donors (Lipinski definition) is 1. The van der Waals surface area contributed by atoms with Crippen LogP contribution in [0.3, 0.4) is 0 Å². The molecule has 2 aromatic rings. The molecule has 0 radical (unpaired) electrons. The number of imidazole rings is 1. The molecule has 0 unspecified atom stereocenters. The van der Waals surface area contributed by atoms with Crippen molar-refractivity contribution in [3.63, 3.8) is 0 Å². The van der Waals surface area contributed by atoms with Crippen molar-refractivity contribution in [3.8, 4) is 0 Å². The number of para-hydroxylation sites is 2. The molecule has 0 bridgehead atoms. The first-order valence-electron chi connectivity index (χ1n) is 6.45. The number of hydrogen-bond acceptors (Lipinski definition) is 2. The molecule has 1 aliphatic carbocycles. The van der Waals surface area contributed by atoms with Gasteiger partial charge in [0.2, 0.25) is 0 Å². The van der Waals surface area contributed by atoms with Gasteiger partial charge >= 0.3 is 0 Å². The lowest BCUT2D eigenvalue weighted by Crippen LogP contribution is -2.19. The Labute approximate surface area is 102 Å². The molecule has 1 heterocycles. The van der Waals surface area contributed by atoms with Gasteiger partial charge in [0, 0.05) is 12.1 Å². The van der Waals surface area contributed by atoms with E-state index < -0.39 is 0 Å². The molecular formula is C14H19N3. The minimum Gasteiger partial charge on any atom is -0.324 e. The normalized spacial score (nSPS) is 15.9. The van der Waals surface area contributed by atoms with Crippen molar-refractivity contribution in [2.75, 3.05) is 0 Å². The molecule has 90 valence electrons. The standard InChI is InChI=1S/C14H19N3/c1-10(2)17-13-6-4-3-5-12(13)16-14(17)9-15-11-7-8-11/h3-6,10-11,15H,7-9H2,1-2H3. The van der Waals surface area contributed by atoms with Gasteiger partial charge in [0.15, 0.2) is 0 Å². The molecule has 0 aliphatic heterocycles. The largest absolute Gasteiger partial charge is 0.324 e. The zero-order valence-electron chi connectivity index (χ0n) is 10.5. The van der Waals surface area contributed by atoms with E-state index in [-0.39, 0.29) is 0 Å². The lowest BCUT2D eigenvalue weighted by Gasteiger charge is -2.13. The molecule has 3 rings (SSSR count). The van der Waals surface area contributed by atoms with Crippen LogP contribution in [0.2, 0.25) is 0 Å². The number of nitrogens with zero attached hydrogens (tertiary/aromatic N) is 2. The van der Waals surface area contributed by atoms with Crippen molar-refractivity contribution >= 4 is 11.0 Å². The van der Waals surface area contributed by atoms with Gasteiger partial charge in [-0.25, -0.2) is 4.98 Å². The second-order valence-electron chi connectivity index (χ2n) is 5.14. The van der Waals surface area contributed by atoms with Crippen LogP contribution in [0.1, 0.15) is 38.6 Å². The highest BCUT2D eigenvalue weighted by molar-refractivity contribution is 5.76. The van der Waals surface area contributed by atoms with Crippen molar-refractivity contribution in [1.82, 2.24) is 14.9 Å². The average Bonchev–Trinajstić information content (AvgIpc) is 3.05. The minimum absolute atomic E-state index is 0.457. The molecule has 1 N–H and O–H groups in total. The summed E-state index contributed by atoms with van der Waals surface area (Å²) in [6.45, 7) is 5.32. The zero-order valence-corrected chi connectivity index (χ0v) is 10.5. The molecule has 3 heteroatoms. The maximum Gasteiger partial charge on any atom is 0.124 e. The van der Waals surface area contributed by atoms with Gasteiger partial charge in [0.1, 0.15) is 5.82 Å². The third kappa shape index (κ3) is 2.07. The van der Waals surface area contributed by atoms with Crippen molar-refractivity contribution < 1.29 is 0 Å². The van der Waals surface area contributed by atoms with Gasteiger partial charge in [0.25, 0.3) is 0 Å². The first kappa shape index (κ1) is 10.8. The van der Waals surface area contributed by atoms with Crippen molar-refractivity contribution in [2.24, 2.45) is 0 Å². The van der Waals surface area contributed by atoms with E-state index in [1.54, 1.807) is 0 Å². The molecule has 0 saturated heterocycles. The van der Waals surface area contributed by atoms with Crippen molar-refractivity contribution in [3.05, 3.63) is 30.1 Å². The van der Waals surface area contributed by atoms with Gasteiger partial charge in [-0.2, -0.15) is 0 Å². The second-order valence-corrected chi connectivity index (χ2v) is 5.14. The Kier molecular flexibility index (Phi) is 2.63. The number of nitrogens with one attached hydrogen (secondary N) is 1. The van der Waals surface area contributed by atoms with Crippen LogP contribution in [0.15, 0.2) is 24.3 Å². The Bertz CT molecular complexity index is 523. The molecule has 1 saturated carbocycles. The molecule has 0 atom stereocenters. The van der Waals surface area contributed by atoms with E-state index in [0.717, 1.165) is 23.9 Å². The summed E-state index contributed by atoms with van der Waals surface area (Å²) in [4.78, 5) is 4.73. The predicted molar refractivity (Wildman–Crippen MR) is 70.0 cm³/mol. The number of fused-ring (bicyclic) bond motifs is 1. The minimum atomic E-state index is 0.457. The Hall–Kier alpha value is -1.35. The quantitative estimate of drug-likeness (QED) is 0.873. The van der Waals surface area contributed by atoms with E-state index in [1.165, 1.54) is 18.4 Å². The lowest BCUT2D eigenvalue weighted by atomic mass is 10.3. The second kappa shape index (κ2) is 4.15. The van der Waals surface area contributed by atoms with Crippen LogP contribution in [-0.2, 0) is 6.54 Å². The van der Waals surface area contributed by atoms with Gasteiger partial charge in [-0.3, -0.25) is 0 Å². The van der Waals surface area contributed by atoms with E-state index >= 15 is 0 Å². The van der Waals surface area contributed by atoms with Crippen LogP contribution in [0.4, 0.5) is 0 Å². The van der Waals surface area contributed by atoms with Gasteiger partial charge in [-0.1, -0.05) is 12.1 Å². The summed E-state index contributed by atoms with van der Waals surface area (Å²) in [7, 11) is 0. The molecule has 1 aromatic carbocycles. The Balaban J connectivity index is 1.98. The smallest absolute Gasteiger partial charge is 0.124 e. The third-order valence-corrected chi connectivity index (χ3v) is 3.31. The molecule has 0 spiro atoms. The summed E-state index contributed by atoms with van der Waals surface area (Å²) >= 11 is 0. The summed E-state index contributed by atoms with van der Waals surface area (Å²) in [6.07, 6.45) is 2.64. The van der Waals surface area contributed by atoms with Crippen molar-refractivity contribution in [1.29, 1.82) is 0 Å². The van der Waals surface area contributed by atoms with E-state index in [1.807, 2.05) is 0 Å². The van der Waals surface area contributed by atoms with Crippen molar-refractivity contribution in [2.45, 2.75) is 45.3 Å². The van der Waals surface area contributed by atoms with Gasteiger partial charge < -0.3 is 9.88 Å². The molecule has 1 fully saturated rings. The lowest BCUT2D eigenvalue weighted by molar-refractivity contribution is 0.553. The molecular weight excluding hydrogens is 210 g/mol. The monoisotopic (exact) mass is 229 g/mol. The first-order chi connectivity index (χ1) is 8.25. The third-order valence-electron chi connectivity index (χ3n) is 3.31. The molecule has 1 aliphatic rings. The Morgan fingerprint density at radius 1 is 1.35 bits per heavy atom. The Morgan fingerprint density at radius 2 is 2.12 bits per heavy atom. The van der Waals surface area contributed by atoms with Crippen LogP contribution in [0, 0.1) is 0 Å². The fourth-order valence-corrected chi connectivity index (χ4v) is 2.32. The number of rotatable bonds is 4. The molecule has 17 heavy (non-hydrogen) atoms. The molecule has 1 aromatic heterocycles. The van der Waals surface area contributed by atoms with Crippen LogP contribution >= 0.6 is 0 Å². The maximum atomic E-state index is 4.73. The van der Waals surface area contributed by atoms with E-state index in [4.69, 9.17) is 4.98 Å². The van der Waals surface area contributed by atoms with E-state index in [2.05, 4.69) is 48.0 Å². The molecule has 0 amide bonds. The van der Waals surface area contributed by atoms with E-state index in [0.29, 0.717) is 6.04 Å². The zero-order chi connectivity index (χ0) is 11.8. The van der Waals surface area contributed by atoms with Gasteiger partial charge in [-0.15, -0.1) is 0 Å². The number of aromatic nitrogens is 2. The summed E-state index contributed by atoms with van der Waals surface area (Å²) in [6, 6.07) is 9.57. The predicted octanol–water partition coefficient (Wildman–Crippen LogP) is 2.87. The van der Waals surface area contributed by atoms with Gasteiger partial charge in [0.05, 0.1) is 17.6 Å². The highest BCUT2D eigenvalue weighted by Gasteiger charge is 2.21. The summed E-state index contributed by atoms with van der Waals surface area (Å²) < 4.78 is 2.34. The SMILES string of the molecule is CC(C)n1c(CNC2CC2)nc2ccccc21. The fraction of sp³-hybridized carbons (Fsp3) is 0.500. The van der Waals surface area contributed by atoms with Crippen LogP contribution < -0.4 is 5.32 Å². The average molecular weight is 229 g/mol. The fourth-order valence-electron chi connectivity index (χ4n) is 2.32. The van der Waals surface area contributed by atoms with Gasteiger partial charge in [-0.05, 0) is 38.8 Å². The van der Waals surface area contributed by atoms with Crippen LogP contribution in [-0.4, -0.2) is 15.6 Å². The first-order valence-corrected chi connectivity index (χ1v) is 6.45. The maximum absolute atomic E-state index is 4.73. The van der Waals surface area contributed by atoms with Crippen LogP contribution in [0.25, 0.3) is 11.0 Å². The highest BCUT2D eigenvalue weighted by Crippen LogP contribution is 2.23. The number of benzene rings is 1. The van der Waals surface area contributed by atoms with Crippen LogP contribution in [0.5, 0.6) is 0 Å².